The van der Waals surface area contributed by atoms with Gasteiger partial charge in [0.2, 0.25) is 5.91 Å². The van der Waals surface area contributed by atoms with Crippen LogP contribution in [0.4, 0.5) is 5.69 Å². The lowest BCUT2D eigenvalue weighted by Crippen LogP contribution is -2.32. The highest BCUT2D eigenvalue weighted by Crippen LogP contribution is 2.22. The molecule has 0 radical (unpaired) electrons. The van der Waals surface area contributed by atoms with Crippen LogP contribution in [-0.4, -0.2) is 12.5 Å². The van der Waals surface area contributed by atoms with E-state index >= 15 is 0 Å². The number of amides is 1. The predicted molar refractivity (Wildman–Crippen MR) is 100 cm³/mol. The molecule has 0 aliphatic carbocycles. The molecule has 0 saturated carbocycles. The zero-order chi connectivity index (χ0) is 16.9. The third-order valence-corrected chi connectivity index (χ3v) is 4.23. The number of benzene rings is 3. The standard InChI is InChI=1S/C20H19ClN2O/c1-14(15-9-11-17(21)12-10-15)23-20(24)13-22-19-8-4-6-16-5-2-3-7-18(16)19/h2-12,14,22H,13H2,1H3,(H,23,24). The first-order valence-electron chi connectivity index (χ1n) is 7.90. The van der Waals surface area contributed by atoms with Crippen molar-refractivity contribution in [1.29, 1.82) is 0 Å². The molecule has 122 valence electrons. The maximum absolute atomic E-state index is 12.2. The summed E-state index contributed by atoms with van der Waals surface area (Å²) in [5, 5.41) is 9.16. The molecule has 0 aromatic heterocycles. The van der Waals surface area contributed by atoms with Crippen molar-refractivity contribution in [3.05, 3.63) is 77.3 Å². The highest BCUT2D eigenvalue weighted by atomic mass is 35.5. The van der Waals surface area contributed by atoms with Crippen LogP contribution in [0.5, 0.6) is 0 Å². The van der Waals surface area contributed by atoms with Gasteiger partial charge in [-0.25, -0.2) is 0 Å². The summed E-state index contributed by atoms with van der Waals surface area (Å²) in [6.07, 6.45) is 0. The minimum Gasteiger partial charge on any atom is -0.376 e. The van der Waals surface area contributed by atoms with Crippen molar-refractivity contribution in [2.45, 2.75) is 13.0 Å². The van der Waals surface area contributed by atoms with Gasteiger partial charge in [0.05, 0.1) is 12.6 Å². The molecular formula is C20H19ClN2O. The number of nitrogens with one attached hydrogen (secondary N) is 2. The molecule has 3 nitrogen and oxygen atoms in total. The van der Waals surface area contributed by atoms with Gasteiger partial charge >= 0.3 is 0 Å². The fourth-order valence-electron chi connectivity index (χ4n) is 2.68. The maximum atomic E-state index is 12.2. The molecule has 0 aliphatic heterocycles. The number of rotatable bonds is 5. The van der Waals surface area contributed by atoms with Crippen LogP contribution in [0.25, 0.3) is 10.8 Å². The van der Waals surface area contributed by atoms with E-state index < -0.39 is 0 Å². The van der Waals surface area contributed by atoms with Crippen LogP contribution in [-0.2, 0) is 4.79 Å². The van der Waals surface area contributed by atoms with Crippen LogP contribution >= 0.6 is 11.6 Å². The van der Waals surface area contributed by atoms with E-state index in [0.29, 0.717) is 5.02 Å². The fraction of sp³-hybridized carbons (Fsp3) is 0.150. The van der Waals surface area contributed by atoms with E-state index in [1.165, 1.54) is 0 Å². The number of hydrogen-bond donors (Lipinski definition) is 2. The molecule has 0 heterocycles. The molecule has 3 aromatic carbocycles. The molecule has 0 saturated heterocycles. The predicted octanol–water partition coefficient (Wildman–Crippen LogP) is 4.78. The zero-order valence-electron chi connectivity index (χ0n) is 13.4. The minimum atomic E-state index is -0.0657. The average Bonchev–Trinajstić information content (AvgIpc) is 2.60. The largest absolute Gasteiger partial charge is 0.376 e. The Kier molecular flexibility index (Phi) is 5.02. The number of anilines is 1. The smallest absolute Gasteiger partial charge is 0.239 e. The van der Waals surface area contributed by atoms with E-state index in [-0.39, 0.29) is 18.5 Å². The van der Waals surface area contributed by atoms with E-state index in [2.05, 4.69) is 22.8 Å². The van der Waals surface area contributed by atoms with Crippen LogP contribution in [0.15, 0.2) is 66.7 Å². The second kappa shape index (κ2) is 7.37. The number of hydrogen-bond acceptors (Lipinski definition) is 2. The first kappa shape index (κ1) is 16.3. The van der Waals surface area contributed by atoms with E-state index in [0.717, 1.165) is 22.0 Å². The normalized spacial score (nSPS) is 11.9. The lowest BCUT2D eigenvalue weighted by molar-refractivity contribution is -0.120. The second-order valence-corrected chi connectivity index (χ2v) is 6.16. The van der Waals surface area contributed by atoms with Gasteiger partial charge in [-0.2, -0.15) is 0 Å². The molecule has 0 fully saturated rings. The Morgan fingerprint density at radius 3 is 2.50 bits per heavy atom. The molecule has 3 aromatic rings. The van der Waals surface area contributed by atoms with E-state index in [4.69, 9.17) is 11.6 Å². The summed E-state index contributed by atoms with van der Waals surface area (Å²) < 4.78 is 0. The fourth-order valence-corrected chi connectivity index (χ4v) is 2.81. The number of carbonyl (C=O) groups excluding carboxylic acids is 1. The zero-order valence-corrected chi connectivity index (χ0v) is 14.2. The molecule has 3 rings (SSSR count). The Labute approximate surface area is 146 Å². The molecule has 4 heteroatoms. The van der Waals surface area contributed by atoms with Crippen molar-refractivity contribution in [3.8, 4) is 0 Å². The Bertz CT molecular complexity index is 840. The van der Waals surface area contributed by atoms with Gasteiger partial charge in [-0.05, 0) is 36.1 Å². The summed E-state index contributed by atoms with van der Waals surface area (Å²) in [4.78, 5) is 12.2. The second-order valence-electron chi connectivity index (χ2n) is 5.72. The van der Waals surface area contributed by atoms with Gasteiger partial charge in [-0.1, -0.05) is 60.1 Å². The van der Waals surface area contributed by atoms with Gasteiger partial charge in [0.15, 0.2) is 0 Å². The van der Waals surface area contributed by atoms with Gasteiger partial charge in [0.25, 0.3) is 0 Å². The summed E-state index contributed by atoms with van der Waals surface area (Å²) in [6.45, 7) is 2.19. The van der Waals surface area contributed by atoms with Crippen molar-refractivity contribution in [3.63, 3.8) is 0 Å². The van der Waals surface area contributed by atoms with Crippen LogP contribution < -0.4 is 10.6 Å². The number of halogens is 1. The van der Waals surface area contributed by atoms with Crippen LogP contribution in [0.1, 0.15) is 18.5 Å². The third kappa shape index (κ3) is 3.87. The summed E-state index contributed by atoms with van der Waals surface area (Å²) >= 11 is 5.89. The highest BCUT2D eigenvalue weighted by molar-refractivity contribution is 6.30. The highest BCUT2D eigenvalue weighted by Gasteiger charge is 2.10. The Hall–Kier alpha value is -2.52. The SMILES string of the molecule is CC(NC(=O)CNc1cccc2ccccc12)c1ccc(Cl)cc1. The van der Waals surface area contributed by atoms with Gasteiger partial charge in [0, 0.05) is 16.1 Å². The maximum Gasteiger partial charge on any atom is 0.239 e. The van der Waals surface area contributed by atoms with Crippen molar-refractivity contribution in [2.75, 3.05) is 11.9 Å². The van der Waals surface area contributed by atoms with E-state index in [1.54, 1.807) is 0 Å². The van der Waals surface area contributed by atoms with Crippen molar-refractivity contribution in [2.24, 2.45) is 0 Å². The quantitative estimate of drug-likeness (QED) is 0.702. The lowest BCUT2D eigenvalue weighted by atomic mass is 10.1. The summed E-state index contributed by atoms with van der Waals surface area (Å²) in [6, 6.07) is 21.6. The Balaban J connectivity index is 1.62. The number of fused-ring (bicyclic) bond motifs is 1. The monoisotopic (exact) mass is 338 g/mol. The van der Waals surface area contributed by atoms with Crippen LogP contribution in [0.3, 0.4) is 0 Å². The van der Waals surface area contributed by atoms with Gasteiger partial charge in [-0.15, -0.1) is 0 Å². The molecule has 1 unspecified atom stereocenters. The first-order chi connectivity index (χ1) is 11.6. The molecule has 2 N–H and O–H groups in total. The topological polar surface area (TPSA) is 41.1 Å². The summed E-state index contributed by atoms with van der Waals surface area (Å²) in [7, 11) is 0. The number of carbonyl (C=O) groups is 1. The van der Waals surface area contributed by atoms with Crippen LogP contribution in [0.2, 0.25) is 5.02 Å². The Morgan fingerprint density at radius 2 is 1.71 bits per heavy atom. The molecule has 0 bridgehead atoms. The van der Waals surface area contributed by atoms with Crippen LogP contribution in [0, 0.1) is 0 Å². The van der Waals surface area contributed by atoms with Gasteiger partial charge in [-0.3, -0.25) is 4.79 Å². The lowest BCUT2D eigenvalue weighted by Gasteiger charge is -2.15. The van der Waals surface area contributed by atoms with E-state index in [9.17, 15) is 4.79 Å². The Morgan fingerprint density at radius 1 is 1.00 bits per heavy atom. The first-order valence-corrected chi connectivity index (χ1v) is 8.28. The van der Waals surface area contributed by atoms with Gasteiger partial charge < -0.3 is 10.6 Å². The van der Waals surface area contributed by atoms with Crippen molar-refractivity contribution < 1.29 is 4.79 Å². The molecule has 0 aliphatic rings. The minimum absolute atomic E-state index is 0.0506. The summed E-state index contributed by atoms with van der Waals surface area (Å²) in [5.41, 5.74) is 1.99. The van der Waals surface area contributed by atoms with Crippen molar-refractivity contribution in [1.82, 2.24) is 5.32 Å². The van der Waals surface area contributed by atoms with Gasteiger partial charge in [0.1, 0.15) is 0 Å². The van der Waals surface area contributed by atoms with E-state index in [1.807, 2.05) is 61.5 Å². The molecule has 1 atom stereocenters. The third-order valence-electron chi connectivity index (χ3n) is 3.98. The molecule has 1 amide bonds. The average molecular weight is 339 g/mol. The molecular weight excluding hydrogens is 320 g/mol. The molecule has 0 spiro atoms. The molecule has 24 heavy (non-hydrogen) atoms. The van der Waals surface area contributed by atoms with Crippen molar-refractivity contribution >= 4 is 34.0 Å². The summed E-state index contributed by atoms with van der Waals surface area (Å²) in [5.74, 6) is -0.0506.